The van der Waals surface area contributed by atoms with Crippen molar-refractivity contribution < 1.29 is 28.8 Å². The van der Waals surface area contributed by atoms with Gasteiger partial charge in [-0.2, -0.15) is 0 Å². The minimum Gasteiger partial charge on any atom is -0.445 e. The van der Waals surface area contributed by atoms with Gasteiger partial charge in [0.25, 0.3) is 5.91 Å². The highest BCUT2D eigenvalue weighted by Crippen LogP contribution is 2.29. The fourth-order valence-corrected chi connectivity index (χ4v) is 6.63. The molecule has 1 aliphatic heterocycles. The molecule has 4 amide bonds. The molecule has 2 aromatic rings. The van der Waals surface area contributed by atoms with Crippen LogP contribution in [0.1, 0.15) is 81.3 Å². The highest BCUT2D eigenvalue weighted by atomic mass is 35.5. The van der Waals surface area contributed by atoms with Gasteiger partial charge in [0.05, 0.1) is 7.11 Å². The number of alkyl carbamates (subject to hydrolysis) is 1. The van der Waals surface area contributed by atoms with Crippen LogP contribution in [0.25, 0.3) is 0 Å². The van der Waals surface area contributed by atoms with E-state index in [1.54, 1.807) is 24.3 Å². The number of likely N-dealkylation sites (tertiary alicyclic amines) is 1. The van der Waals surface area contributed by atoms with E-state index in [0.29, 0.717) is 24.5 Å². The Morgan fingerprint density at radius 1 is 0.957 bits per heavy atom. The Kier molecular flexibility index (Phi) is 13.7. The number of carbonyl (C=O) groups excluding carboxylic acids is 4. The van der Waals surface area contributed by atoms with Crippen LogP contribution in [0.3, 0.4) is 0 Å². The third-order valence-corrected chi connectivity index (χ3v) is 9.29. The molecule has 3 atom stereocenters. The van der Waals surface area contributed by atoms with Crippen molar-refractivity contribution in [3.05, 3.63) is 70.7 Å². The molecule has 1 heterocycles. The summed E-state index contributed by atoms with van der Waals surface area (Å²) in [6, 6.07) is 15.3. The van der Waals surface area contributed by atoms with E-state index in [4.69, 9.17) is 21.2 Å². The average molecular weight is 655 g/mol. The van der Waals surface area contributed by atoms with E-state index in [9.17, 15) is 19.2 Å². The Bertz CT molecular complexity index is 1310. The predicted molar refractivity (Wildman–Crippen MR) is 176 cm³/mol. The monoisotopic (exact) mass is 654 g/mol. The number of amides is 4. The number of hydroxylamine groups is 2. The molecule has 2 aromatic carbocycles. The zero-order valence-corrected chi connectivity index (χ0v) is 27.7. The fourth-order valence-electron chi connectivity index (χ4n) is 6.41. The van der Waals surface area contributed by atoms with Gasteiger partial charge in [0.2, 0.25) is 11.8 Å². The van der Waals surface area contributed by atoms with Gasteiger partial charge < -0.3 is 20.3 Å². The number of rotatable bonds is 13. The molecule has 46 heavy (non-hydrogen) atoms. The summed E-state index contributed by atoms with van der Waals surface area (Å²) in [5, 5.41) is 7.14. The summed E-state index contributed by atoms with van der Waals surface area (Å²) < 4.78 is 5.41. The number of nitrogens with zero attached hydrogens (tertiary/aromatic N) is 2. The maximum atomic E-state index is 13.7. The van der Waals surface area contributed by atoms with Crippen LogP contribution in [0.4, 0.5) is 4.79 Å². The number of ether oxygens (including phenoxy) is 1. The second kappa shape index (κ2) is 17.9. The molecule has 0 radical (unpaired) electrons. The first-order valence-electron chi connectivity index (χ1n) is 16.4. The first kappa shape index (κ1) is 35.2. The Morgan fingerprint density at radius 2 is 1.72 bits per heavy atom. The molecule has 4 rings (SSSR count). The summed E-state index contributed by atoms with van der Waals surface area (Å²) in [5.74, 6) is -0.519. The van der Waals surface area contributed by atoms with Crippen molar-refractivity contribution >= 4 is 35.4 Å². The normalized spacial score (nSPS) is 18.2. The summed E-state index contributed by atoms with van der Waals surface area (Å²) >= 11 is 6.05. The first-order chi connectivity index (χ1) is 22.2. The second-order valence-corrected chi connectivity index (χ2v) is 12.8. The van der Waals surface area contributed by atoms with Crippen LogP contribution in [-0.2, 0) is 30.6 Å². The lowest BCUT2D eigenvalue weighted by Crippen LogP contribution is -2.54. The zero-order chi connectivity index (χ0) is 32.9. The number of benzene rings is 2. The molecule has 0 aromatic heterocycles. The Hall–Kier alpha value is -3.63. The summed E-state index contributed by atoms with van der Waals surface area (Å²) in [6.45, 7) is 1.28. The average Bonchev–Trinajstić information content (AvgIpc) is 3.09. The lowest BCUT2D eigenvalue weighted by atomic mass is 9.84. The van der Waals surface area contributed by atoms with Gasteiger partial charge in [-0.1, -0.05) is 86.2 Å². The minimum atomic E-state index is -1.02. The molecule has 1 unspecified atom stereocenters. The molecule has 1 saturated heterocycles. The lowest BCUT2D eigenvalue weighted by Gasteiger charge is -2.33. The summed E-state index contributed by atoms with van der Waals surface area (Å²) in [5.41, 5.74) is 1.93. The molecule has 0 spiro atoms. The van der Waals surface area contributed by atoms with E-state index in [1.165, 1.54) is 19.7 Å². The number of piperidine rings is 1. The highest BCUT2D eigenvalue weighted by Gasteiger charge is 2.32. The standard InChI is InChI=1S/C35H47ClN4O6/c1-39(45-2)34(43)30(18-19-32(41)40-20-10-16-28(23-40)27-14-7-4-8-15-27)37-33(42)31(22-25-11-5-3-6-12-25)38-35(44)46-24-26-13-9-17-29(36)21-26/h4,7-9,13-15,17,21,25,28,30-31H,3,5-6,10-12,16,18-20,22-24H2,1-2H3,(H,37,42)(H,38,44)/t28?,30-,31-/m0/s1. The van der Waals surface area contributed by atoms with E-state index >= 15 is 0 Å². The van der Waals surface area contributed by atoms with Crippen LogP contribution in [0.15, 0.2) is 54.6 Å². The SMILES string of the molecule is CON(C)C(=O)[C@H](CCC(=O)N1CCCC(c2ccccc2)C1)NC(=O)[C@H](CC1CCCCC1)NC(=O)OCc1cccc(Cl)c1. The van der Waals surface area contributed by atoms with Gasteiger partial charge in [0.15, 0.2) is 0 Å². The molecule has 11 heteroatoms. The molecule has 1 aliphatic carbocycles. The van der Waals surface area contributed by atoms with Crippen molar-refractivity contribution in [3.8, 4) is 0 Å². The maximum Gasteiger partial charge on any atom is 0.408 e. The summed E-state index contributed by atoms with van der Waals surface area (Å²) in [7, 11) is 2.83. The topological polar surface area (TPSA) is 117 Å². The van der Waals surface area contributed by atoms with Crippen LogP contribution >= 0.6 is 11.6 Å². The number of hydrogen-bond acceptors (Lipinski definition) is 6. The number of halogens is 1. The lowest BCUT2D eigenvalue weighted by molar-refractivity contribution is -0.172. The molecular formula is C35H47ClN4O6. The summed E-state index contributed by atoms with van der Waals surface area (Å²) in [4.78, 5) is 60.2. The predicted octanol–water partition coefficient (Wildman–Crippen LogP) is 5.60. The first-order valence-corrected chi connectivity index (χ1v) is 16.7. The molecule has 1 saturated carbocycles. The van der Waals surface area contributed by atoms with Crippen molar-refractivity contribution in [1.82, 2.24) is 20.6 Å². The van der Waals surface area contributed by atoms with Gasteiger partial charge in [-0.3, -0.25) is 19.2 Å². The molecule has 2 aliphatic rings. The van der Waals surface area contributed by atoms with E-state index < -0.39 is 30.0 Å². The number of likely N-dealkylation sites (N-methyl/N-ethyl adjacent to an activating group) is 1. The Balaban J connectivity index is 1.40. The van der Waals surface area contributed by atoms with Crippen molar-refractivity contribution in [2.24, 2.45) is 5.92 Å². The largest absolute Gasteiger partial charge is 0.445 e. The Morgan fingerprint density at radius 3 is 2.43 bits per heavy atom. The van der Waals surface area contributed by atoms with E-state index in [0.717, 1.165) is 55.6 Å². The highest BCUT2D eigenvalue weighted by molar-refractivity contribution is 6.30. The van der Waals surface area contributed by atoms with Gasteiger partial charge in [-0.05, 0) is 54.9 Å². The fraction of sp³-hybridized carbons (Fsp3) is 0.543. The van der Waals surface area contributed by atoms with Crippen molar-refractivity contribution in [2.45, 2.75) is 88.8 Å². The molecule has 10 nitrogen and oxygen atoms in total. The number of nitrogens with one attached hydrogen (secondary N) is 2. The van der Waals surface area contributed by atoms with Crippen LogP contribution < -0.4 is 10.6 Å². The molecule has 250 valence electrons. The van der Waals surface area contributed by atoms with Gasteiger partial charge in [0.1, 0.15) is 18.7 Å². The van der Waals surface area contributed by atoms with E-state index in [1.807, 2.05) is 23.1 Å². The van der Waals surface area contributed by atoms with Crippen LogP contribution in [0.5, 0.6) is 0 Å². The molecule has 0 bridgehead atoms. The van der Waals surface area contributed by atoms with Crippen molar-refractivity contribution in [3.63, 3.8) is 0 Å². The second-order valence-electron chi connectivity index (χ2n) is 12.4. The van der Waals surface area contributed by atoms with Crippen molar-refractivity contribution in [1.29, 1.82) is 0 Å². The molecule has 2 N–H and O–H groups in total. The third kappa shape index (κ3) is 10.7. The van der Waals surface area contributed by atoms with E-state index in [2.05, 4.69) is 22.8 Å². The van der Waals surface area contributed by atoms with Gasteiger partial charge >= 0.3 is 6.09 Å². The minimum absolute atomic E-state index is 0.00630. The van der Waals surface area contributed by atoms with Crippen LogP contribution in [0, 0.1) is 5.92 Å². The Labute approximate surface area is 277 Å². The molecular weight excluding hydrogens is 608 g/mol. The van der Waals surface area contributed by atoms with Crippen LogP contribution in [-0.4, -0.2) is 73.1 Å². The van der Waals surface area contributed by atoms with Crippen molar-refractivity contribution in [2.75, 3.05) is 27.2 Å². The zero-order valence-electron chi connectivity index (χ0n) is 26.9. The van der Waals surface area contributed by atoms with Gasteiger partial charge in [0, 0.05) is 37.5 Å². The van der Waals surface area contributed by atoms with E-state index in [-0.39, 0.29) is 37.2 Å². The quantitative estimate of drug-likeness (QED) is 0.272. The molecule has 2 fully saturated rings. The maximum absolute atomic E-state index is 13.7. The van der Waals surface area contributed by atoms with Gasteiger partial charge in [-0.25, -0.2) is 9.86 Å². The smallest absolute Gasteiger partial charge is 0.408 e. The number of carbonyl (C=O) groups is 4. The van der Waals surface area contributed by atoms with Crippen LogP contribution in [0.2, 0.25) is 5.02 Å². The van der Waals surface area contributed by atoms with Gasteiger partial charge in [-0.15, -0.1) is 0 Å². The third-order valence-electron chi connectivity index (χ3n) is 9.05. The summed E-state index contributed by atoms with van der Waals surface area (Å²) in [6.07, 6.45) is 7.01. The number of hydrogen-bond donors (Lipinski definition) is 2.